The summed E-state index contributed by atoms with van der Waals surface area (Å²) in [7, 11) is -9.93. The highest BCUT2D eigenvalue weighted by Crippen LogP contribution is 2.45. The molecule has 0 rings (SSSR count). The van der Waals surface area contributed by atoms with E-state index < -0.39 is 97.5 Å². The SMILES string of the molecule is CCCCCCCCCCCCCCCCCCCCC(=O)O[C@H](COC(=O)CCCCCCCCCCC)COP(=O)(O)OC[C@H](O)COP(=O)(O)OC[C@@H](COC(=O)CCCCCCCCCCCCCCCCCC(C)C)OC(=O)CCCCCCCCCCCCCCCCCCCCC(C)CC. The van der Waals surface area contributed by atoms with E-state index in [4.69, 9.17) is 37.0 Å². The molecule has 0 heterocycles. The maximum Gasteiger partial charge on any atom is 0.472 e. The molecule has 0 bridgehead atoms. The minimum absolute atomic E-state index is 0.109. The molecule has 0 aliphatic carbocycles. The van der Waals surface area contributed by atoms with Gasteiger partial charge in [0, 0.05) is 25.7 Å². The Labute approximate surface area is 658 Å². The Balaban J connectivity index is 5.20. The van der Waals surface area contributed by atoms with Gasteiger partial charge in [0.1, 0.15) is 19.3 Å². The van der Waals surface area contributed by atoms with Gasteiger partial charge in [0.2, 0.25) is 0 Å². The highest BCUT2D eigenvalue weighted by atomic mass is 31.2. The number of rotatable bonds is 87. The fourth-order valence-corrected chi connectivity index (χ4v) is 15.3. The third kappa shape index (κ3) is 80.5. The van der Waals surface area contributed by atoms with Crippen LogP contribution in [0.2, 0.25) is 0 Å². The molecule has 6 atom stereocenters. The van der Waals surface area contributed by atoms with Crippen LogP contribution < -0.4 is 0 Å². The van der Waals surface area contributed by atoms with Gasteiger partial charge in [-0.2, -0.15) is 0 Å². The van der Waals surface area contributed by atoms with Crippen LogP contribution in [-0.2, 0) is 65.4 Å². The monoisotopic (exact) mass is 1560 g/mol. The van der Waals surface area contributed by atoms with Crippen LogP contribution in [-0.4, -0.2) is 96.7 Å². The van der Waals surface area contributed by atoms with Gasteiger partial charge < -0.3 is 33.8 Å². The van der Waals surface area contributed by atoms with Gasteiger partial charge >= 0.3 is 39.5 Å². The molecule has 0 amide bonds. The van der Waals surface area contributed by atoms with Gasteiger partial charge in [-0.05, 0) is 37.5 Å². The average Bonchev–Trinajstić information content (AvgIpc) is 0.905. The molecule has 107 heavy (non-hydrogen) atoms. The summed E-state index contributed by atoms with van der Waals surface area (Å²) in [6.07, 6.45) is 72.2. The molecule has 0 aromatic rings. The molecule has 17 nitrogen and oxygen atoms in total. The van der Waals surface area contributed by atoms with Crippen molar-refractivity contribution in [2.24, 2.45) is 11.8 Å². The van der Waals surface area contributed by atoms with Gasteiger partial charge in [0.25, 0.3) is 0 Å². The van der Waals surface area contributed by atoms with Crippen molar-refractivity contribution in [3.8, 4) is 0 Å². The number of aliphatic hydroxyl groups excluding tert-OH is 1. The molecule has 0 spiro atoms. The van der Waals surface area contributed by atoms with Gasteiger partial charge in [0.15, 0.2) is 12.2 Å². The van der Waals surface area contributed by atoms with E-state index in [1.165, 1.54) is 289 Å². The van der Waals surface area contributed by atoms with E-state index in [-0.39, 0.29) is 25.7 Å². The molecule has 19 heteroatoms. The quantitative estimate of drug-likeness (QED) is 0.0222. The van der Waals surface area contributed by atoms with Crippen LogP contribution in [0.1, 0.15) is 472 Å². The zero-order valence-electron chi connectivity index (χ0n) is 70.5. The molecule has 0 fully saturated rings. The van der Waals surface area contributed by atoms with Crippen LogP contribution in [0, 0.1) is 11.8 Å². The van der Waals surface area contributed by atoms with Crippen molar-refractivity contribution in [3.63, 3.8) is 0 Å². The summed E-state index contributed by atoms with van der Waals surface area (Å²) >= 11 is 0. The Morgan fingerprint density at radius 2 is 0.477 bits per heavy atom. The summed E-state index contributed by atoms with van der Waals surface area (Å²) < 4.78 is 68.9. The lowest BCUT2D eigenvalue weighted by atomic mass is 9.99. The first-order valence-electron chi connectivity index (χ1n) is 45.5. The Morgan fingerprint density at radius 3 is 0.710 bits per heavy atom. The lowest BCUT2D eigenvalue weighted by Gasteiger charge is -2.21. The topological polar surface area (TPSA) is 237 Å². The van der Waals surface area contributed by atoms with E-state index in [1.54, 1.807) is 0 Å². The molecule has 3 N–H and O–H groups in total. The zero-order valence-corrected chi connectivity index (χ0v) is 72.2. The third-order valence-corrected chi connectivity index (χ3v) is 23.0. The molecule has 636 valence electrons. The standard InChI is InChI=1S/C88H172O17P2/c1-7-10-12-14-16-18-19-20-21-22-26-31-37-42-48-54-60-66-72-87(92)104-83(76-98-85(90)70-64-58-52-44-17-15-13-11-8-2)78-102-106(94,95)100-74-82(89)75-101-107(96,97)103-79-84(77-99-86(91)71-65-59-53-47-41-36-33-28-29-34-39-45-50-56-62-68-80(4)5)105-88(93)73-67-61-55-49-43-38-32-27-24-23-25-30-35-40-46-51-57-63-69-81(6)9-3/h80-84,89H,7-79H2,1-6H3,(H,94,95)(H,96,97)/t81?,82-,83+,84+/m0/s1. The fraction of sp³-hybridized carbons (Fsp3) is 0.955. The van der Waals surface area contributed by atoms with Crippen LogP contribution >= 0.6 is 15.6 Å². The minimum Gasteiger partial charge on any atom is -0.462 e. The molecule has 0 aliphatic rings. The molecule has 0 aliphatic heterocycles. The lowest BCUT2D eigenvalue weighted by molar-refractivity contribution is -0.161. The Kier molecular flexibility index (Phi) is 77.9. The summed E-state index contributed by atoms with van der Waals surface area (Å²) in [6.45, 7) is 9.76. The van der Waals surface area contributed by atoms with Gasteiger partial charge in [-0.1, -0.05) is 420 Å². The van der Waals surface area contributed by atoms with Crippen molar-refractivity contribution >= 4 is 39.5 Å². The number of carbonyl (C=O) groups excluding carboxylic acids is 4. The van der Waals surface area contributed by atoms with Crippen LogP contribution in [0.3, 0.4) is 0 Å². The first-order valence-corrected chi connectivity index (χ1v) is 48.5. The Bertz CT molecular complexity index is 2050. The summed E-state index contributed by atoms with van der Waals surface area (Å²) in [5.74, 6) is -0.423. The zero-order chi connectivity index (χ0) is 78.5. The number of phosphoric acid groups is 2. The van der Waals surface area contributed by atoms with Gasteiger partial charge in [-0.3, -0.25) is 37.3 Å². The molecule has 0 aromatic carbocycles. The number of unbranched alkanes of at least 4 members (excludes halogenated alkanes) is 56. The smallest absolute Gasteiger partial charge is 0.462 e. The van der Waals surface area contributed by atoms with E-state index in [0.29, 0.717) is 25.7 Å². The van der Waals surface area contributed by atoms with Crippen LogP contribution in [0.4, 0.5) is 0 Å². The van der Waals surface area contributed by atoms with Crippen LogP contribution in [0.5, 0.6) is 0 Å². The van der Waals surface area contributed by atoms with Crippen molar-refractivity contribution in [2.45, 2.75) is 490 Å². The predicted octanol–water partition coefficient (Wildman–Crippen LogP) is 27.0. The van der Waals surface area contributed by atoms with Crippen molar-refractivity contribution in [2.75, 3.05) is 39.6 Å². The highest BCUT2D eigenvalue weighted by Gasteiger charge is 2.31. The summed E-state index contributed by atoms with van der Waals surface area (Å²) in [5.41, 5.74) is 0. The second-order valence-electron chi connectivity index (χ2n) is 32.4. The Hall–Kier alpha value is -1.94. The number of hydrogen-bond acceptors (Lipinski definition) is 15. The van der Waals surface area contributed by atoms with Crippen LogP contribution in [0.25, 0.3) is 0 Å². The molecule has 3 unspecified atom stereocenters. The minimum atomic E-state index is -4.97. The van der Waals surface area contributed by atoms with Gasteiger partial charge in [-0.15, -0.1) is 0 Å². The van der Waals surface area contributed by atoms with E-state index in [2.05, 4.69) is 41.5 Å². The van der Waals surface area contributed by atoms with Crippen molar-refractivity contribution in [1.82, 2.24) is 0 Å². The first kappa shape index (κ1) is 105. The van der Waals surface area contributed by atoms with E-state index in [9.17, 15) is 43.2 Å². The second kappa shape index (κ2) is 79.3. The molecule has 0 saturated heterocycles. The van der Waals surface area contributed by atoms with E-state index in [0.717, 1.165) is 102 Å². The molecule has 0 aromatic heterocycles. The number of carbonyl (C=O) groups is 4. The van der Waals surface area contributed by atoms with Gasteiger partial charge in [-0.25, -0.2) is 9.13 Å². The Morgan fingerprint density at radius 1 is 0.271 bits per heavy atom. The van der Waals surface area contributed by atoms with Crippen molar-refractivity contribution in [3.05, 3.63) is 0 Å². The second-order valence-corrected chi connectivity index (χ2v) is 35.3. The molecule has 0 radical (unpaired) electrons. The first-order chi connectivity index (χ1) is 51.9. The summed E-state index contributed by atoms with van der Waals surface area (Å²) in [4.78, 5) is 73.2. The predicted molar refractivity (Wildman–Crippen MR) is 442 cm³/mol. The van der Waals surface area contributed by atoms with Crippen molar-refractivity contribution in [1.29, 1.82) is 0 Å². The maximum atomic E-state index is 13.2. The number of aliphatic hydroxyl groups is 1. The number of phosphoric ester groups is 2. The average molecular weight is 1560 g/mol. The molecular weight excluding hydrogens is 1390 g/mol. The van der Waals surface area contributed by atoms with E-state index in [1.807, 2.05) is 0 Å². The maximum absolute atomic E-state index is 13.2. The third-order valence-electron chi connectivity index (χ3n) is 21.1. The molecular formula is C88H172O17P2. The van der Waals surface area contributed by atoms with E-state index >= 15 is 0 Å². The lowest BCUT2D eigenvalue weighted by Crippen LogP contribution is -2.30. The summed E-state index contributed by atoms with van der Waals surface area (Å²) in [5, 5.41) is 10.7. The van der Waals surface area contributed by atoms with Crippen molar-refractivity contribution < 1.29 is 80.2 Å². The fourth-order valence-electron chi connectivity index (χ4n) is 13.7. The summed E-state index contributed by atoms with van der Waals surface area (Å²) in [6, 6.07) is 0. The largest absolute Gasteiger partial charge is 0.472 e. The van der Waals surface area contributed by atoms with Gasteiger partial charge in [0.05, 0.1) is 26.4 Å². The number of esters is 4. The van der Waals surface area contributed by atoms with Crippen LogP contribution in [0.15, 0.2) is 0 Å². The molecule has 0 saturated carbocycles. The number of hydrogen-bond donors (Lipinski definition) is 3. The normalized spacial score (nSPS) is 14.0. The number of ether oxygens (including phenoxy) is 4. The highest BCUT2D eigenvalue weighted by molar-refractivity contribution is 7.47.